The van der Waals surface area contributed by atoms with Gasteiger partial charge in [0.1, 0.15) is 0 Å². The van der Waals surface area contributed by atoms with Crippen molar-refractivity contribution >= 4 is 5.57 Å². The van der Waals surface area contributed by atoms with Gasteiger partial charge in [-0.2, -0.15) is 0 Å². The molecule has 0 unspecified atom stereocenters. The summed E-state index contributed by atoms with van der Waals surface area (Å²) in [6.45, 7) is 11.3. The average molecular weight is 230 g/mol. The largest absolute Gasteiger partial charge is 0.0839 e. The highest BCUT2D eigenvalue weighted by Gasteiger charge is 2.21. The molecule has 0 aliphatic rings. The fourth-order valence-corrected chi connectivity index (χ4v) is 2.32. The highest BCUT2D eigenvalue weighted by atomic mass is 14.3. The van der Waals surface area contributed by atoms with Gasteiger partial charge in [-0.15, -0.1) is 0 Å². The van der Waals surface area contributed by atoms with Crippen molar-refractivity contribution in [2.24, 2.45) is 0 Å². The molecular weight excluding hydrogens is 204 g/mol. The average Bonchev–Trinajstić information content (AvgIpc) is 2.40. The zero-order valence-electron chi connectivity index (χ0n) is 12.0. The van der Waals surface area contributed by atoms with Gasteiger partial charge in [0.05, 0.1) is 0 Å². The Morgan fingerprint density at radius 3 is 1.94 bits per heavy atom. The lowest BCUT2D eigenvalue weighted by atomic mass is 9.77. The Hall–Kier alpha value is -1.04. The van der Waals surface area contributed by atoms with Crippen LogP contribution in [0.2, 0.25) is 0 Å². The van der Waals surface area contributed by atoms with Gasteiger partial charge in [0.2, 0.25) is 0 Å². The Morgan fingerprint density at radius 2 is 1.59 bits per heavy atom. The van der Waals surface area contributed by atoms with Crippen molar-refractivity contribution in [2.75, 3.05) is 0 Å². The van der Waals surface area contributed by atoms with E-state index in [1.807, 2.05) is 0 Å². The predicted molar refractivity (Wildman–Crippen MR) is 78.3 cm³/mol. The van der Waals surface area contributed by atoms with E-state index in [1.165, 1.54) is 29.5 Å². The van der Waals surface area contributed by atoms with Gasteiger partial charge in [-0.05, 0) is 48.3 Å². The van der Waals surface area contributed by atoms with Gasteiger partial charge in [-0.25, -0.2) is 0 Å². The van der Waals surface area contributed by atoms with Crippen LogP contribution in [-0.4, -0.2) is 0 Å². The summed E-state index contributed by atoms with van der Waals surface area (Å²) in [6, 6.07) is 9.17. The van der Waals surface area contributed by atoms with E-state index in [0.29, 0.717) is 5.41 Å². The Kier molecular flexibility index (Phi) is 4.99. The molecule has 94 valence electrons. The molecule has 1 aromatic rings. The summed E-state index contributed by atoms with van der Waals surface area (Å²) in [7, 11) is 0. The predicted octanol–water partition coefficient (Wildman–Crippen LogP) is 5.58. The van der Waals surface area contributed by atoms with E-state index >= 15 is 0 Å². The van der Waals surface area contributed by atoms with E-state index in [2.05, 4.69) is 65.0 Å². The van der Waals surface area contributed by atoms with Gasteiger partial charge in [0.25, 0.3) is 0 Å². The molecule has 0 radical (unpaired) electrons. The molecule has 0 fully saturated rings. The van der Waals surface area contributed by atoms with Crippen LogP contribution in [0.25, 0.3) is 5.57 Å². The van der Waals surface area contributed by atoms with E-state index in [-0.39, 0.29) is 0 Å². The van der Waals surface area contributed by atoms with Gasteiger partial charge in [-0.1, -0.05) is 58.0 Å². The summed E-state index contributed by atoms with van der Waals surface area (Å²) in [6.07, 6.45) is 5.72. The Labute approximate surface area is 107 Å². The SMILES string of the molecule is CC=C(CC)c1ccc(C(C)(CC)CC)cc1. The van der Waals surface area contributed by atoms with Crippen LogP contribution in [0.1, 0.15) is 65.0 Å². The summed E-state index contributed by atoms with van der Waals surface area (Å²) >= 11 is 0. The molecule has 1 rings (SSSR count). The molecule has 0 bridgehead atoms. The Morgan fingerprint density at radius 1 is 1.06 bits per heavy atom. The molecule has 0 aliphatic heterocycles. The van der Waals surface area contributed by atoms with Gasteiger partial charge < -0.3 is 0 Å². The van der Waals surface area contributed by atoms with Crippen LogP contribution in [0.15, 0.2) is 30.3 Å². The van der Waals surface area contributed by atoms with Crippen LogP contribution < -0.4 is 0 Å². The number of allylic oxidation sites excluding steroid dienone is 2. The molecule has 1 aromatic carbocycles. The third-order valence-corrected chi connectivity index (χ3v) is 4.24. The van der Waals surface area contributed by atoms with Crippen molar-refractivity contribution in [1.82, 2.24) is 0 Å². The lowest BCUT2D eigenvalue weighted by molar-refractivity contribution is 0.439. The maximum Gasteiger partial charge on any atom is -0.00805 e. The molecule has 0 atom stereocenters. The minimum atomic E-state index is 0.334. The van der Waals surface area contributed by atoms with Crippen LogP contribution >= 0.6 is 0 Å². The quantitative estimate of drug-likeness (QED) is 0.619. The highest BCUT2D eigenvalue weighted by Crippen LogP contribution is 2.31. The second-order valence-corrected chi connectivity index (χ2v) is 5.01. The summed E-state index contributed by atoms with van der Waals surface area (Å²) < 4.78 is 0. The van der Waals surface area contributed by atoms with Gasteiger partial charge in [-0.3, -0.25) is 0 Å². The summed E-state index contributed by atoms with van der Waals surface area (Å²) in [5.74, 6) is 0. The molecule has 17 heavy (non-hydrogen) atoms. The van der Waals surface area contributed by atoms with Crippen LogP contribution in [-0.2, 0) is 5.41 Å². The lowest BCUT2D eigenvalue weighted by Crippen LogP contribution is -2.19. The van der Waals surface area contributed by atoms with E-state index in [4.69, 9.17) is 0 Å². The first-order valence-electron chi connectivity index (χ1n) is 6.87. The number of rotatable bonds is 5. The maximum absolute atomic E-state index is 2.36. The van der Waals surface area contributed by atoms with Crippen LogP contribution in [0.3, 0.4) is 0 Å². The Balaban J connectivity index is 3.03. The molecule has 0 spiro atoms. The van der Waals surface area contributed by atoms with Crippen molar-refractivity contribution in [2.45, 2.75) is 59.3 Å². The Bertz CT molecular complexity index is 364. The first kappa shape index (κ1) is 14.0. The zero-order valence-corrected chi connectivity index (χ0v) is 12.0. The van der Waals surface area contributed by atoms with Gasteiger partial charge in [0, 0.05) is 0 Å². The zero-order chi connectivity index (χ0) is 12.9. The lowest BCUT2D eigenvalue weighted by Gasteiger charge is -2.27. The molecule has 0 saturated heterocycles. The van der Waals surface area contributed by atoms with Crippen molar-refractivity contribution in [1.29, 1.82) is 0 Å². The second kappa shape index (κ2) is 6.05. The maximum atomic E-state index is 2.36. The summed E-state index contributed by atoms with van der Waals surface area (Å²) in [5, 5.41) is 0. The number of hydrogen-bond donors (Lipinski definition) is 0. The standard InChI is InChI=1S/C17H26/c1-6-14(7-2)15-10-12-16(13-11-15)17(5,8-3)9-4/h6,10-13H,7-9H2,1-5H3. The van der Waals surface area contributed by atoms with E-state index in [9.17, 15) is 0 Å². The molecule has 0 heterocycles. The van der Waals surface area contributed by atoms with Gasteiger partial charge >= 0.3 is 0 Å². The van der Waals surface area contributed by atoms with Gasteiger partial charge in [0.15, 0.2) is 0 Å². The minimum absolute atomic E-state index is 0.334. The molecule has 0 aliphatic carbocycles. The molecule has 0 amide bonds. The van der Waals surface area contributed by atoms with E-state index < -0.39 is 0 Å². The number of hydrogen-bond acceptors (Lipinski definition) is 0. The summed E-state index contributed by atoms with van der Waals surface area (Å²) in [5.41, 5.74) is 4.61. The monoisotopic (exact) mass is 230 g/mol. The smallest absolute Gasteiger partial charge is 0.00805 e. The van der Waals surface area contributed by atoms with Crippen molar-refractivity contribution in [3.63, 3.8) is 0 Å². The topological polar surface area (TPSA) is 0 Å². The fraction of sp³-hybridized carbons (Fsp3) is 0.529. The van der Waals surface area contributed by atoms with Crippen molar-refractivity contribution < 1.29 is 0 Å². The third kappa shape index (κ3) is 3.00. The van der Waals surface area contributed by atoms with Crippen molar-refractivity contribution in [3.05, 3.63) is 41.5 Å². The highest BCUT2D eigenvalue weighted by molar-refractivity contribution is 5.65. The minimum Gasteiger partial charge on any atom is -0.0839 e. The first-order chi connectivity index (χ1) is 8.11. The van der Waals surface area contributed by atoms with Crippen LogP contribution in [0.5, 0.6) is 0 Å². The van der Waals surface area contributed by atoms with E-state index in [0.717, 1.165) is 6.42 Å². The molecule has 0 saturated carbocycles. The van der Waals surface area contributed by atoms with Crippen molar-refractivity contribution in [3.8, 4) is 0 Å². The third-order valence-electron chi connectivity index (χ3n) is 4.24. The normalized spacial score (nSPS) is 12.9. The molecular formula is C17H26. The molecule has 0 N–H and O–H groups in total. The number of benzene rings is 1. The fourth-order valence-electron chi connectivity index (χ4n) is 2.32. The molecule has 0 nitrogen and oxygen atoms in total. The molecule has 0 aromatic heterocycles. The van der Waals surface area contributed by atoms with Crippen LogP contribution in [0, 0.1) is 0 Å². The first-order valence-corrected chi connectivity index (χ1v) is 6.87. The summed E-state index contributed by atoms with van der Waals surface area (Å²) in [4.78, 5) is 0. The second-order valence-electron chi connectivity index (χ2n) is 5.01. The van der Waals surface area contributed by atoms with E-state index in [1.54, 1.807) is 0 Å². The van der Waals surface area contributed by atoms with Crippen LogP contribution in [0.4, 0.5) is 0 Å². The molecule has 0 heteroatoms.